The van der Waals surface area contributed by atoms with Crippen LogP contribution < -0.4 is 25.0 Å². The molecule has 0 unspecified atom stereocenters. The Labute approximate surface area is 233 Å². The highest BCUT2D eigenvalue weighted by Crippen LogP contribution is 2.34. The summed E-state index contributed by atoms with van der Waals surface area (Å²) in [6.07, 6.45) is 3.83. The largest absolute Gasteiger partial charge is 0.497 e. The van der Waals surface area contributed by atoms with Gasteiger partial charge in [0.2, 0.25) is 11.8 Å². The second-order valence-corrected chi connectivity index (χ2v) is 8.79. The molecule has 0 fully saturated rings. The van der Waals surface area contributed by atoms with Gasteiger partial charge in [0.05, 0.1) is 19.9 Å². The van der Waals surface area contributed by atoms with Crippen molar-refractivity contribution in [2.24, 2.45) is 5.10 Å². The lowest BCUT2D eigenvalue weighted by atomic mass is 10.1. The lowest BCUT2D eigenvalue weighted by Gasteiger charge is -2.17. The molecular weight excluding hydrogens is 518 g/mol. The van der Waals surface area contributed by atoms with E-state index < -0.39 is 0 Å². The van der Waals surface area contributed by atoms with E-state index in [4.69, 9.17) is 25.8 Å². The topological polar surface area (TPSA) is 98.3 Å². The highest BCUT2D eigenvalue weighted by Gasteiger charge is 2.14. The zero-order valence-corrected chi connectivity index (χ0v) is 22.8. The number of methoxy groups -OCH3 is 1. The Morgan fingerprint density at radius 3 is 2.44 bits per heavy atom. The van der Waals surface area contributed by atoms with Crippen LogP contribution in [-0.4, -0.2) is 31.7 Å². The van der Waals surface area contributed by atoms with Crippen LogP contribution in [0, 0.1) is 0 Å². The van der Waals surface area contributed by atoms with Crippen molar-refractivity contribution >= 4 is 35.3 Å². The van der Waals surface area contributed by atoms with Gasteiger partial charge < -0.3 is 19.5 Å². The maximum Gasteiger partial charge on any atom is 0.240 e. The Morgan fingerprint density at radius 2 is 1.74 bits per heavy atom. The molecule has 0 aliphatic heterocycles. The molecule has 0 heterocycles. The second-order valence-electron chi connectivity index (χ2n) is 8.38. The molecule has 0 aliphatic carbocycles. The van der Waals surface area contributed by atoms with Crippen LogP contribution in [0.25, 0.3) is 0 Å². The van der Waals surface area contributed by atoms with Crippen LogP contribution in [0.15, 0.2) is 78.4 Å². The summed E-state index contributed by atoms with van der Waals surface area (Å²) >= 11 is 6.28. The molecule has 39 heavy (non-hydrogen) atoms. The Balaban J connectivity index is 1.60. The van der Waals surface area contributed by atoms with Crippen molar-refractivity contribution in [2.45, 2.75) is 32.8 Å². The second kappa shape index (κ2) is 15.2. The van der Waals surface area contributed by atoms with Gasteiger partial charge in [-0.1, -0.05) is 35.9 Å². The summed E-state index contributed by atoms with van der Waals surface area (Å²) in [4.78, 5) is 24.4. The van der Waals surface area contributed by atoms with E-state index in [2.05, 4.69) is 22.4 Å². The SMILES string of the molecule is C=CCc1cc(C=NNC(=O)CCC(=O)Nc2ccc(OC)cc2)cc(OCC)c1OCc1ccccc1Cl. The van der Waals surface area contributed by atoms with E-state index in [1.807, 2.05) is 37.3 Å². The highest BCUT2D eigenvalue weighted by molar-refractivity contribution is 6.31. The molecule has 8 nitrogen and oxygen atoms in total. The predicted molar refractivity (Wildman–Crippen MR) is 154 cm³/mol. The van der Waals surface area contributed by atoms with Crippen molar-refractivity contribution in [3.05, 3.63) is 95.0 Å². The van der Waals surface area contributed by atoms with Gasteiger partial charge in [-0.05, 0) is 61.4 Å². The number of benzene rings is 3. The van der Waals surface area contributed by atoms with E-state index >= 15 is 0 Å². The Bertz CT molecular complexity index is 1310. The molecule has 9 heteroatoms. The van der Waals surface area contributed by atoms with E-state index in [0.29, 0.717) is 46.5 Å². The molecule has 3 aromatic rings. The Hall–Kier alpha value is -4.30. The molecule has 2 amide bonds. The molecule has 0 spiro atoms. The minimum Gasteiger partial charge on any atom is -0.497 e. The molecular formula is C30H32ClN3O5. The third-order valence-electron chi connectivity index (χ3n) is 5.50. The summed E-state index contributed by atoms with van der Waals surface area (Å²) < 4.78 is 17.1. The number of nitrogens with one attached hydrogen (secondary N) is 2. The zero-order valence-electron chi connectivity index (χ0n) is 22.0. The van der Waals surface area contributed by atoms with Crippen LogP contribution in [0.1, 0.15) is 36.5 Å². The number of anilines is 1. The summed E-state index contributed by atoms with van der Waals surface area (Å²) in [5, 5.41) is 7.42. The highest BCUT2D eigenvalue weighted by atomic mass is 35.5. The van der Waals surface area contributed by atoms with Crippen LogP contribution in [0.4, 0.5) is 5.69 Å². The number of amides is 2. The van der Waals surface area contributed by atoms with Crippen LogP contribution in [0.3, 0.4) is 0 Å². The van der Waals surface area contributed by atoms with Gasteiger partial charge in [-0.15, -0.1) is 6.58 Å². The van der Waals surface area contributed by atoms with E-state index in [1.54, 1.807) is 43.5 Å². The predicted octanol–water partition coefficient (Wildman–Crippen LogP) is 5.92. The fourth-order valence-corrected chi connectivity index (χ4v) is 3.81. The Kier molecular flexibility index (Phi) is 11.4. The molecule has 0 saturated carbocycles. The number of rotatable bonds is 14. The summed E-state index contributed by atoms with van der Waals surface area (Å²) in [5.74, 6) is 1.18. The minimum absolute atomic E-state index is 0.0138. The van der Waals surface area contributed by atoms with Gasteiger partial charge in [0.1, 0.15) is 12.4 Å². The van der Waals surface area contributed by atoms with Gasteiger partial charge >= 0.3 is 0 Å². The van der Waals surface area contributed by atoms with E-state index in [-0.39, 0.29) is 31.3 Å². The van der Waals surface area contributed by atoms with E-state index in [9.17, 15) is 9.59 Å². The number of hydrogen-bond acceptors (Lipinski definition) is 6. The number of allylic oxidation sites excluding steroid dienone is 1. The van der Waals surface area contributed by atoms with Gasteiger partial charge in [-0.25, -0.2) is 5.43 Å². The molecule has 3 aromatic carbocycles. The molecule has 0 aromatic heterocycles. The number of halogens is 1. The monoisotopic (exact) mass is 549 g/mol. The number of hydrazone groups is 1. The molecule has 0 radical (unpaired) electrons. The van der Waals surface area contributed by atoms with Crippen molar-refractivity contribution in [3.8, 4) is 17.2 Å². The number of carbonyl (C=O) groups is 2. The first-order valence-corrected chi connectivity index (χ1v) is 12.8. The maximum atomic E-state index is 12.2. The van der Waals surface area contributed by atoms with Gasteiger partial charge in [0, 0.05) is 34.7 Å². The third kappa shape index (κ3) is 9.19. The summed E-state index contributed by atoms with van der Waals surface area (Å²) in [5.41, 5.74) is 5.50. The quantitative estimate of drug-likeness (QED) is 0.148. The summed E-state index contributed by atoms with van der Waals surface area (Å²) in [7, 11) is 1.57. The normalized spacial score (nSPS) is 10.6. The van der Waals surface area contributed by atoms with Crippen LogP contribution in [0.5, 0.6) is 17.2 Å². The lowest BCUT2D eigenvalue weighted by Crippen LogP contribution is -2.20. The first-order valence-electron chi connectivity index (χ1n) is 12.5. The number of ether oxygens (including phenoxy) is 3. The zero-order chi connectivity index (χ0) is 28.0. The molecule has 204 valence electrons. The number of nitrogens with zero attached hydrogens (tertiary/aromatic N) is 1. The van der Waals surface area contributed by atoms with Gasteiger partial charge in [0.25, 0.3) is 0 Å². The molecule has 0 saturated heterocycles. The van der Waals surface area contributed by atoms with E-state index in [1.165, 1.54) is 6.21 Å². The van der Waals surface area contributed by atoms with Crippen LogP contribution in [-0.2, 0) is 22.6 Å². The van der Waals surface area contributed by atoms with Gasteiger partial charge in [-0.3, -0.25) is 9.59 Å². The third-order valence-corrected chi connectivity index (χ3v) is 5.87. The maximum absolute atomic E-state index is 12.2. The van der Waals surface area contributed by atoms with Crippen LogP contribution in [0.2, 0.25) is 5.02 Å². The van der Waals surface area contributed by atoms with Crippen LogP contribution >= 0.6 is 11.6 Å². The molecule has 0 aliphatic rings. The number of carbonyl (C=O) groups excluding carboxylic acids is 2. The van der Waals surface area contributed by atoms with Crippen molar-refractivity contribution in [1.29, 1.82) is 0 Å². The van der Waals surface area contributed by atoms with Gasteiger partial charge in [-0.2, -0.15) is 5.10 Å². The van der Waals surface area contributed by atoms with Crippen molar-refractivity contribution < 1.29 is 23.8 Å². The van der Waals surface area contributed by atoms with Gasteiger partial charge in [0.15, 0.2) is 11.5 Å². The van der Waals surface area contributed by atoms with Crippen molar-refractivity contribution in [2.75, 3.05) is 19.0 Å². The smallest absolute Gasteiger partial charge is 0.240 e. The fraction of sp³-hybridized carbons (Fsp3) is 0.233. The minimum atomic E-state index is -0.382. The first-order chi connectivity index (χ1) is 18.9. The molecule has 0 bridgehead atoms. The molecule has 2 N–H and O–H groups in total. The summed E-state index contributed by atoms with van der Waals surface area (Å²) in [6, 6.07) is 18.1. The average Bonchev–Trinajstić information content (AvgIpc) is 2.93. The molecule has 3 rings (SSSR count). The van der Waals surface area contributed by atoms with E-state index in [0.717, 1.165) is 11.1 Å². The summed E-state index contributed by atoms with van der Waals surface area (Å²) in [6.45, 7) is 6.44. The standard InChI is InChI=1S/C30H32ClN3O5/c1-4-8-22-17-21(18-27(38-5-2)30(22)39-20-23-9-6-7-10-26(23)31)19-32-34-29(36)16-15-28(35)33-24-11-13-25(37-3)14-12-24/h4,6-7,9-14,17-19H,1,5,8,15-16,20H2,2-3H3,(H,33,35)(H,34,36). The Morgan fingerprint density at radius 1 is 1.00 bits per heavy atom. The fourth-order valence-electron chi connectivity index (χ4n) is 3.62. The van der Waals surface area contributed by atoms with Crippen molar-refractivity contribution in [3.63, 3.8) is 0 Å². The lowest BCUT2D eigenvalue weighted by molar-refractivity contribution is -0.124. The number of hydrogen-bond donors (Lipinski definition) is 2. The average molecular weight is 550 g/mol. The first kappa shape index (κ1) is 29.3. The molecule has 0 atom stereocenters. The van der Waals surface area contributed by atoms with Crippen molar-refractivity contribution in [1.82, 2.24) is 5.43 Å².